The highest BCUT2D eigenvalue weighted by atomic mass is 32.1. The lowest BCUT2D eigenvalue weighted by Gasteiger charge is -2.14. The summed E-state index contributed by atoms with van der Waals surface area (Å²) in [5, 5.41) is 1.95. The molecule has 2 nitrogen and oxygen atoms in total. The second kappa shape index (κ2) is 5.35. The largest absolute Gasteiger partial charge is 0.271 e. The van der Waals surface area contributed by atoms with Crippen molar-refractivity contribution in [1.29, 1.82) is 0 Å². The molecule has 0 radical (unpaired) electrons. The van der Waals surface area contributed by atoms with Crippen molar-refractivity contribution in [1.82, 2.24) is 5.43 Å². The smallest absolute Gasteiger partial charge is 0.159 e. The fraction of sp³-hybridized carbons (Fsp3) is 0.167. The molecule has 1 heterocycles. The van der Waals surface area contributed by atoms with Crippen LogP contribution in [0.4, 0.5) is 8.78 Å². The summed E-state index contributed by atoms with van der Waals surface area (Å²) in [6, 6.07) is 7.70. The lowest BCUT2D eigenvalue weighted by molar-refractivity contribution is 0.503. The van der Waals surface area contributed by atoms with Crippen molar-refractivity contribution in [3.05, 3.63) is 57.8 Å². The molecule has 1 aromatic heterocycles. The molecule has 0 saturated carbocycles. The van der Waals surface area contributed by atoms with Crippen molar-refractivity contribution < 1.29 is 8.78 Å². The molecule has 2 aromatic rings. The third-order valence-electron chi connectivity index (χ3n) is 2.51. The van der Waals surface area contributed by atoms with Gasteiger partial charge in [0.15, 0.2) is 11.6 Å². The van der Waals surface area contributed by atoms with Gasteiger partial charge >= 0.3 is 0 Å². The number of thiophene rings is 1. The van der Waals surface area contributed by atoms with Crippen LogP contribution in [0.2, 0.25) is 0 Å². The van der Waals surface area contributed by atoms with E-state index in [-0.39, 0.29) is 6.04 Å². The number of rotatable bonds is 4. The first-order valence-electron chi connectivity index (χ1n) is 5.14. The van der Waals surface area contributed by atoms with E-state index in [0.717, 1.165) is 10.9 Å². The van der Waals surface area contributed by atoms with Crippen molar-refractivity contribution in [2.75, 3.05) is 0 Å². The van der Waals surface area contributed by atoms with Gasteiger partial charge < -0.3 is 0 Å². The minimum atomic E-state index is -0.831. The number of hydrogen-bond donors (Lipinski definition) is 2. The fourth-order valence-corrected chi connectivity index (χ4v) is 2.42. The maximum Gasteiger partial charge on any atom is 0.159 e. The van der Waals surface area contributed by atoms with Gasteiger partial charge in [-0.2, -0.15) is 0 Å². The number of hydrazine groups is 1. The zero-order chi connectivity index (χ0) is 12.3. The van der Waals surface area contributed by atoms with E-state index in [1.807, 2.05) is 17.5 Å². The molecule has 3 N–H and O–H groups in total. The van der Waals surface area contributed by atoms with Gasteiger partial charge in [-0.25, -0.2) is 8.78 Å². The van der Waals surface area contributed by atoms with Gasteiger partial charge in [-0.15, -0.1) is 11.3 Å². The van der Waals surface area contributed by atoms with Crippen molar-refractivity contribution in [2.24, 2.45) is 5.84 Å². The van der Waals surface area contributed by atoms with Gasteiger partial charge in [0.2, 0.25) is 0 Å². The van der Waals surface area contributed by atoms with Crippen molar-refractivity contribution in [3.8, 4) is 0 Å². The summed E-state index contributed by atoms with van der Waals surface area (Å²) >= 11 is 1.57. The van der Waals surface area contributed by atoms with Crippen LogP contribution < -0.4 is 11.3 Å². The van der Waals surface area contributed by atoms with Crippen molar-refractivity contribution in [3.63, 3.8) is 0 Å². The van der Waals surface area contributed by atoms with Crippen LogP contribution in [0.25, 0.3) is 0 Å². The molecule has 0 saturated heterocycles. The second-order valence-electron chi connectivity index (χ2n) is 3.69. The van der Waals surface area contributed by atoms with E-state index in [4.69, 9.17) is 5.84 Å². The third-order valence-corrected chi connectivity index (χ3v) is 3.50. The first-order valence-corrected chi connectivity index (χ1v) is 6.02. The molecule has 0 bridgehead atoms. The molecular weight excluding hydrogens is 242 g/mol. The van der Waals surface area contributed by atoms with Crippen LogP contribution >= 0.6 is 11.3 Å². The average molecular weight is 254 g/mol. The maximum atomic E-state index is 13.1. The van der Waals surface area contributed by atoms with Gasteiger partial charge in [0.25, 0.3) is 0 Å². The van der Waals surface area contributed by atoms with Crippen LogP contribution in [0.15, 0.2) is 35.7 Å². The average Bonchev–Trinajstić information content (AvgIpc) is 2.84. The van der Waals surface area contributed by atoms with Crippen LogP contribution in [0, 0.1) is 11.6 Å². The summed E-state index contributed by atoms with van der Waals surface area (Å²) in [5.41, 5.74) is 3.39. The molecule has 0 aliphatic rings. The zero-order valence-corrected chi connectivity index (χ0v) is 9.81. The Hall–Kier alpha value is -1.30. The van der Waals surface area contributed by atoms with Crippen LogP contribution in [0.5, 0.6) is 0 Å². The first kappa shape index (κ1) is 12.2. The van der Waals surface area contributed by atoms with E-state index in [9.17, 15) is 8.78 Å². The number of hydrogen-bond acceptors (Lipinski definition) is 3. The molecule has 17 heavy (non-hydrogen) atoms. The van der Waals surface area contributed by atoms with Crippen molar-refractivity contribution in [2.45, 2.75) is 12.5 Å². The van der Waals surface area contributed by atoms with Crippen LogP contribution in [0.3, 0.4) is 0 Å². The molecule has 0 amide bonds. The quantitative estimate of drug-likeness (QED) is 0.650. The summed E-state index contributed by atoms with van der Waals surface area (Å²) in [7, 11) is 0. The Bertz CT molecular complexity index is 485. The standard InChI is InChI=1S/C12H12F2N2S/c13-9-4-3-8(6-10(9)14)7-11(16-15)12-2-1-5-17-12/h1-6,11,16H,7,15H2. The molecule has 0 aliphatic heterocycles. The van der Waals surface area contributed by atoms with E-state index in [1.165, 1.54) is 6.07 Å². The highest BCUT2D eigenvalue weighted by Gasteiger charge is 2.12. The van der Waals surface area contributed by atoms with E-state index in [0.29, 0.717) is 12.0 Å². The Kier molecular flexibility index (Phi) is 3.83. The molecular formula is C12H12F2N2S. The first-order chi connectivity index (χ1) is 8.20. The summed E-state index contributed by atoms with van der Waals surface area (Å²) in [5.74, 6) is 3.81. The van der Waals surface area contributed by atoms with Gasteiger partial charge in [-0.1, -0.05) is 12.1 Å². The van der Waals surface area contributed by atoms with Gasteiger partial charge in [-0.3, -0.25) is 11.3 Å². The van der Waals surface area contributed by atoms with Gasteiger partial charge in [0.1, 0.15) is 0 Å². The third kappa shape index (κ3) is 2.88. The number of nitrogens with one attached hydrogen (secondary N) is 1. The number of halogens is 2. The summed E-state index contributed by atoms with van der Waals surface area (Å²) in [6.45, 7) is 0. The number of nitrogens with two attached hydrogens (primary N) is 1. The summed E-state index contributed by atoms with van der Waals surface area (Å²) in [6.07, 6.45) is 0.522. The molecule has 0 spiro atoms. The van der Waals surface area contributed by atoms with Crippen LogP contribution in [-0.2, 0) is 6.42 Å². The molecule has 1 aromatic carbocycles. The van der Waals surface area contributed by atoms with E-state index in [2.05, 4.69) is 5.43 Å². The Morgan fingerprint density at radius 3 is 2.65 bits per heavy atom. The Morgan fingerprint density at radius 2 is 2.06 bits per heavy atom. The Balaban J connectivity index is 2.16. The highest BCUT2D eigenvalue weighted by Crippen LogP contribution is 2.22. The summed E-state index contributed by atoms with van der Waals surface area (Å²) < 4.78 is 25.8. The molecule has 0 fully saturated rings. The molecule has 1 atom stereocenters. The topological polar surface area (TPSA) is 38.0 Å². The highest BCUT2D eigenvalue weighted by molar-refractivity contribution is 7.10. The Morgan fingerprint density at radius 1 is 1.24 bits per heavy atom. The zero-order valence-electron chi connectivity index (χ0n) is 8.99. The van der Waals surface area contributed by atoms with Gasteiger partial charge in [0.05, 0.1) is 6.04 Å². The normalized spacial score (nSPS) is 12.6. The SMILES string of the molecule is NNC(Cc1ccc(F)c(F)c1)c1cccs1. The molecule has 90 valence electrons. The minimum absolute atomic E-state index is 0.0835. The molecule has 1 unspecified atom stereocenters. The Labute approximate surface area is 102 Å². The molecule has 5 heteroatoms. The van der Waals surface area contributed by atoms with Crippen molar-refractivity contribution >= 4 is 11.3 Å². The monoisotopic (exact) mass is 254 g/mol. The van der Waals surface area contributed by atoms with Crippen LogP contribution in [0.1, 0.15) is 16.5 Å². The van der Waals surface area contributed by atoms with E-state index >= 15 is 0 Å². The number of benzene rings is 1. The summed E-state index contributed by atoms with van der Waals surface area (Å²) in [4.78, 5) is 1.07. The van der Waals surface area contributed by atoms with E-state index in [1.54, 1.807) is 17.4 Å². The van der Waals surface area contributed by atoms with Gasteiger partial charge in [-0.05, 0) is 35.6 Å². The second-order valence-corrected chi connectivity index (χ2v) is 4.67. The maximum absolute atomic E-state index is 13.1. The van der Waals surface area contributed by atoms with E-state index < -0.39 is 11.6 Å². The molecule has 0 aliphatic carbocycles. The van der Waals surface area contributed by atoms with Gasteiger partial charge in [0, 0.05) is 4.88 Å². The molecule has 2 rings (SSSR count). The lowest BCUT2D eigenvalue weighted by Crippen LogP contribution is -2.28. The van der Waals surface area contributed by atoms with Crippen LogP contribution in [-0.4, -0.2) is 0 Å². The predicted octanol–water partition coefficient (Wildman–Crippen LogP) is 2.77. The minimum Gasteiger partial charge on any atom is -0.271 e. The lowest BCUT2D eigenvalue weighted by atomic mass is 10.0. The fourth-order valence-electron chi connectivity index (χ4n) is 1.63. The predicted molar refractivity (Wildman–Crippen MR) is 64.4 cm³/mol.